The van der Waals surface area contributed by atoms with Crippen molar-refractivity contribution in [3.05, 3.63) is 48.2 Å². The van der Waals surface area contributed by atoms with Crippen molar-refractivity contribution in [3.8, 4) is 17.3 Å². The lowest BCUT2D eigenvalue weighted by molar-refractivity contribution is 0.613. The zero-order valence-corrected chi connectivity index (χ0v) is 8.39. The predicted molar refractivity (Wildman–Crippen MR) is 56.7 cm³/mol. The lowest BCUT2D eigenvalue weighted by atomic mass is 10.1. The molecule has 0 saturated carbocycles. The van der Waals surface area contributed by atoms with E-state index in [4.69, 9.17) is 5.26 Å². The SMILES string of the molecule is N#CCc1ccnc(-c2ccncc2)c1F. The van der Waals surface area contributed by atoms with Crippen LogP contribution < -0.4 is 0 Å². The van der Waals surface area contributed by atoms with Gasteiger partial charge in [0, 0.05) is 29.7 Å². The minimum absolute atomic E-state index is 0.0481. The van der Waals surface area contributed by atoms with Gasteiger partial charge >= 0.3 is 0 Å². The van der Waals surface area contributed by atoms with Gasteiger partial charge in [0.2, 0.25) is 0 Å². The van der Waals surface area contributed by atoms with Gasteiger partial charge < -0.3 is 0 Å². The van der Waals surface area contributed by atoms with E-state index in [9.17, 15) is 4.39 Å². The molecule has 0 saturated heterocycles. The maximum atomic E-state index is 13.9. The van der Waals surface area contributed by atoms with E-state index in [1.807, 2.05) is 6.07 Å². The van der Waals surface area contributed by atoms with E-state index in [0.717, 1.165) is 0 Å². The summed E-state index contributed by atoms with van der Waals surface area (Å²) in [6.07, 6.45) is 4.71. The van der Waals surface area contributed by atoms with Gasteiger partial charge in [-0.05, 0) is 18.2 Å². The van der Waals surface area contributed by atoms with Crippen molar-refractivity contribution in [2.45, 2.75) is 6.42 Å². The molecule has 78 valence electrons. The van der Waals surface area contributed by atoms with Crippen LogP contribution in [0.3, 0.4) is 0 Å². The van der Waals surface area contributed by atoms with E-state index >= 15 is 0 Å². The normalized spacial score (nSPS) is 9.75. The minimum Gasteiger partial charge on any atom is -0.265 e. The molecule has 0 aliphatic carbocycles. The van der Waals surface area contributed by atoms with Gasteiger partial charge in [0.15, 0.2) is 5.82 Å². The molecule has 0 N–H and O–H groups in total. The molecule has 2 aromatic rings. The molecule has 0 aliphatic heterocycles. The summed E-state index contributed by atoms with van der Waals surface area (Å²) in [7, 11) is 0. The van der Waals surface area contributed by atoms with Gasteiger partial charge in [-0.2, -0.15) is 5.26 Å². The lowest BCUT2D eigenvalue weighted by Gasteiger charge is -2.04. The predicted octanol–water partition coefficient (Wildman–Crippen LogP) is 2.35. The number of rotatable bonds is 2. The van der Waals surface area contributed by atoms with Gasteiger partial charge in [0.25, 0.3) is 0 Å². The first-order valence-corrected chi connectivity index (χ1v) is 4.73. The van der Waals surface area contributed by atoms with Gasteiger partial charge in [-0.15, -0.1) is 0 Å². The monoisotopic (exact) mass is 213 g/mol. The summed E-state index contributed by atoms with van der Waals surface area (Å²) >= 11 is 0. The summed E-state index contributed by atoms with van der Waals surface area (Å²) in [4.78, 5) is 7.84. The standard InChI is InChI=1S/C12H8FN3/c13-11-9(1-5-14)4-8-16-12(11)10-2-6-15-7-3-10/h2-4,6-8H,1H2. The number of hydrogen-bond acceptors (Lipinski definition) is 3. The lowest BCUT2D eigenvalue weighted by Crippen LogP contribution is -1.95. The Balaban J connectivity index is 2.51. The second kappa shape index (κ2) is 4.49. The first kappa shape index (κ1) is 10.2. The maximum absolute atomic E-state index is 13.9. The highest BCUT2D eigenvalue weighted by atomic mass is 19.1. The largest absolute Gasteiger partial charge is 0.265 e. The highest BCUT2D eigenvalue weighted by molar-refractivity contribution is 5.59. The van der Waals surface area contributed by atoms with Crippen LogP contribution >= 0.6 is 0 Å². The molecule has 0 fully saturated rings. The van der Waals surface area contributed by atoms with Crippen molar-refractivity contribution < 1.29 is 4.39 Å². The fraction of sp³-hybridized carbons (Fsp3) is 0.0833. The molecule has 0 amide bonds. The maximum Gasteiger partial charge on any atom is 0.153 e. The topological polar surface area (TPSA) is 49.6 Å². The van der Waals surface area contributed by atoms with Crippen LogP contribution in [0.4, 0.5) is 4.39 Å². The molecule has 4 heteroatoms. The summed E-state index contributed by atoms with van der Waals surface area (Å²) in [6, 6.07) is 6.80. The Morgan fingerprint density at radius 1 is 1.19 bits per heavy atom. The average Bonchev–Trinajstić information content (AvgIpc) is 2.33. The summed E-state index contributed by atoms with van der Waals surface area (Å²) in [5.74, 6) is -0.435. The molecule has 0 aromatic carbocycles. The van der Waals surface area contributed by atoms with Crippen molar-refractivity contribution in [3.63, 3.8) is 0 Å². The Hall–Kier alpha value is -2.28. The van der Waals surface area contributed by atoms with Crippen molar-refractivity contribution >= 4 is 0 Å². The van der Waals surface area contributed by atoms with Crippen molar-refractivity contribution in [1.82, 2.24) is 9.97 Å². The molecule has 3 nitrogen and oxygen atoms in total. The van der Waals surface area contributed by atoms with E-state index in [1.165, 1.54) is 12.3 Å². The van der Waals surface area contributed by atoms with E-state index in [1.54, 1.807) is 24.5 Å². The third kappa shape index (κ3) is 1.89. The molecule has 0 unspecified atom stereocenters. The van der Waals surface area contributed by atoms with Crippen LogP contribution in [0.25, 0.3) is 11.3 Å². The van der Waals surface area contributed by atoms with Crippen LogP contribution in [0.15, 0.2) is 36.8 Å². The summed E-state index contributed by atoms with van der Waals surface area (Å²) in [6.45, 7) is 0. The van der Waals surface area contributed by atoms with E-state index in [-0.39, 0.29) is 12.1 Å². The van der Waals surface area contributed by atoms with Gasteiger partial charge in [0.05, 0.1) is 12.5 Å². The fourth-order valence-electron chi connectivity index (χ4n) is 1.42. The highest BCUT2D eigenvalue weighted by Crippen LogP contribution is 2.21. The van der Waals surface area contributed by atoms with Gasteiger partial charge in [-0.1, -0.05) is 0 Å². The van der Waals surface area contributed by atoms with E-state index in [2.05, 4.69) is 9.97 Å². The van der Waals surface area contributed by atoms with Crippen LogP contribution in [0, 0.1) is 17.1 Å². The van der Waals surface area contributed by atoms with Crippen molar-refractivity contribution in [1.29, 1.82) is 5.26 Å². The number of nitriles is 1. The van der Waals surface area contributed by atoms with E-state index < -0.39 is 5.82 Å². The van der Waals surface area contributed by atoms with Crippen molar-refractivity contribution in [2.24, 2.45) is 0 Å². The van der Waals surface area contributed by atoms with Gasteiger partial charge in [-0.3, -0.25) is 9.97 Å². The molecule has 2 heterocycles. The van der Waals surface area contributed by atoms with Crippen LogP contribution in [-0.2, 0) is 6.42 Å². The number of aromatic nitrogens is 2. The van der Waals surface area contributed by atoms with Gasteiger partial charge in [0.1, 0.15) is 5.69 Å². The quantitative estimate of drug-likeness (QED) is 0.769. The zero-order valence-electron chi connectivity index (χ0n) is 8.39. The van der Waals surface area contributed by atoms with Crippen LogP contribution in [0.1, 0.15) is 5.56 Å². The van der Waals surface area contributed by atoms with Crippen molar-refractivity contribution in [2.75, 3.05) is 0 Å². The molecule has 16 heavy (non-hydrogen) atoms. The number of nitrogens with zero attached hydrogens (tertiary/aromatic N) is 3. The third-order valence-corrected chi connectivity index (χ3v) is 2.19. The van der Waals surface area contributed by atoms with E-state index in [0.29, 0.717) is 11.1 Å². The summed E-state index contributed by atoms with van der Waals surface area (Å²) in [5.41, 5.74) is 1.28. The summed E-state index contributed by atoms with van der Waals surface area (Å²) < 4.78 is 13.9. The molecular formula is C12H8FN3. The second-order valence-electron chi connectivity index (χ2n) is 3.20. The van der Waals surface area contributed by atoms with Crippen LogP contribution in [0.5, 0.6) is 0 Å². The molecule has 0 radical (unpaired) electrons. The molecule has 0 atom stereocenters. The zero-order chi connectivity index (χ0) is 11.4. The Morgan fingerprint density at radius 3 is 2.62 bits per heavy atom. The minimum atomic E-state index is -0.435. The molecule has 0 aliphatic rings. The second-order valence-corrected chi connectivity index (χ2v) is 3.20. The first-order chi connectivity index (χ1) is 7.83. The molecule has 0 spiro atoms. The van der Waals surface area contributed by atoms with Gasteiger partial charge in [-0.25, -0.2) is 4.39 Å². The average molecular weight is 213 g/mol. The Kier molecular flexibility index (Phi) is 2.88. The van der Waals surface area contributed by atoms with Crippen LogP contribution in [-0.4, -0.2) is 9.97 Å². The molecule has 0 bridgehead atoms. The number of pyridine rings is 2. The molecule has 2 rings (SSSR count). The molecular weight excluding hydrogens is 205 g/mol. The highest BCUT2D eigenvalue weighted by Gasteiger charge is 2.10. The Labute approximate surface area is 92.2 Å². The summed E-state index contributed by atoms with van der Waals surface area (Å²) in [5, 5.41) is 8.56. The molecule has 2 aromatic heterocycles. The Morgan fingerprint density at radius 2 is 1.94 bits per heavy atom. The Bertz CT molecular complexity index is 532. The first-order valence-electron chi connectivity index (χ1n) is 4.73. The fourth-order valence-corrected chi connectivity index (χ4v) is 1.42. The number of hydrogen-bond donors (Lipinski definition) is 0. The third-order valence-electron chi connectivity index (χ3n) is 2.19. The smallest absolute Gasteiger partial charge is 0.153 e. The number of halogens is 1. The van der Waals surface area contributed by atoms with Crippen LogP contribution in [0.2, 0.25) is 0 Å².